The van der Waals surface area contributed by atoms with Gasteiger partial charge in [-0.25, -0.2) is 15.0 Å². The molecule has 8 nitrogen and oxygen atoms in total. The molecule has 1 amide bonds. The molecule has 1 fully saturated rings. The van der Waals surface area contributed by atoms with Gasteiger partial charge in [0.05, 0.1) is 17.6 Å². The number of aromatic nitrogens is 4. The third-order valence-electron chi connectivity index (χ3n) is 6.31. The zero-order valence-corrected chi connectivity index (χ0v) is 20.3. The molecule has 1 saturated heterocycles. The van der Waals surface area contributed by atoms with Gasteiger partial charge in [0.1, 0.15) is 5.82 Å². The van der Waals surface area contributed by atoms with Crippen LogP contribution in [0, 0.1) is 13.8 Å². The zero-order valence-electron chi connectivity index (χ0n) is 20.3. The van der Waals surface area contributed by atoms with E-state index in [-0.39, 0.29) is 11.9 Å². The van der Waals surface area contributed by atoms with Gasteiger partial charge in [0.25, 0.3) is 5.91 Å². The summed E-state index contributed by atoms with van der Waals surface area (Å²) in [4.78, 5) is 30.7. The van der Waals surface area contributed by atoms with E-state index in [1.807, 2.05) is 49.2 Å². The van der Waals surface area contributed by atoms with E-state index < -0.39 is 0 Å². The van der Waals surface area contributed by atoms with E-state index in [2.05, 4.69) is 52.7 Å². The van der Waals surface area contributed by atoms with Crippen molar-refractivity contribution in [2.45, 2.75) is 46.2 Å². The summed E-state index contributed by atoms with van der Waals surface area (Å²) in [5.74, 6) is 1.56. The molecular weight excluding hydrogens is 414 g/mol. The number of nitrogens with zero attached hydrogens (tertiary/aromatic N) is 6. The maximum atomic E-state index is 13.1. The van der Waals surface area contributed by atoms with Crippen LogP contribution in [0.2, 0.25) is 0 Å². The van der Waals surface area contributed by atoms with Crippen LogP contribution in [0.5, 0.6) is 0 Å². The number of anilines is 2. The Morgan fingerprint density at radius 3 is 2.64 bits per heavy atom. The van der Waals surface area contributed by atoms with Gasteiger partial charge in [-0.05, 0) is 78.0 Å². The summed E-state index contributed by atoms with van der Waals surface area (Å²) in [6.45, 7) is 9.81. The van der Waals surface area contributed by atoms with Crippen LogP contribution in [0.15, 0.2) is 36.7 Å². The second-order valence-electron chi connectivity index (χ2n) is 9.23. The van der Waals surface area contributed by atoms with Crippen molar-refractivity contribution >= 4 is 17.5 Å². The van der Waals surface area contributed by atoms with Gasteiger partial charge in [-0.1, -0.05) is 0 Å². The number of hydrogen-bond acceptors (Lipinski definition) is 6. The summed E-state index contributed by atoms with van der Waals surface area (Å²) in [6.07, 6.45) is 4.61. The number of hydrogen-bond donors (Lipinski definition) is 1. The first-order valence-electron chi connectivity index (χ1n) is 11.4. The van der Waals surface area contributed by atoms with Gasteiger partial charge in [-0.2, -0.15) is 0 Å². The summed E-state index contributed by atoms with van der Waals surface area (Å²) < 4.78 is 2.16. The number of amides is 1. The highest BCUT2D eigenvalue weighted by Gasteiger charge is 2.28. The lowest BCUT2D eigenvalue weighted by Gasteiger charge is -2.21. The van der Waals surface area contributed by atoms with Crippen LogP contribution in [0.25, 0.3) is 11.4 Å². The molecule has 0 bridgehead atoms. The molecule has 0 radical (unpaired) electrons. The maximum absolute atomic E-state index is 13.1. The minimum Gasteiger partial charge on any atom is -0.337 e. The lowest BCUT2D eigenvalue weighted by molar-refractivity contribution is 0.0782. The Morgan fingerprint density at radius 1 is 1.18 bits per heavy atom. The fourth-order valence-electron chi connectivity index (χ4n) is 4.48. The van der Waals surface area contributed by atoms with Crippen molar-refractivity contribution in [3.05, 3.63) is 53.6 Å². The third-order valence-corrected chi connectivity index (χ3v) is 6.31. The molecule has 3 heterocycles. The summed E-state index contributed by atoms with van der Waals surface area (Å²) >= 11 is 0. The van der Waals surface area contributed by atoms with Gasteiger partial charge >= 0.3 is 0 Å². The average Bonchev–Trinajstić information content (AvgIpc) is 3.41. The Hall–Kier alpha value is -3.26. The van der Waals surface area contributed by atoms with Crippen LogP contribution in [0.4, 0.5) is 11.6 Å². The topological polar surface area (TPSA) is 79.2 Å². The molecule has 174 valence electrons. The Kier molecular flexibility index (Phi) is 6.47. The van der Waals surface area contributed by atoms with E-state index >= 15 is 0 Å². The number of aryl methyl sites for hydroxylation is 2. The molecule has 0 saturated carbocycles. The third kappa shape index (κ3) is 4.75. The largest absolute Gasteiger partial charge is 0.337 e. The fourth-order valence-corrected chi connectivity index (χ4v) is 4.48. The van der Waals surface area contributed by atoms with Crippen molar-refractivity contribution in [2.75, 3.05) is 32.5 Å². The van der Waals surface area contributed by atoms with Gasteiger partial charge in [0, 0.05) is 42.6 Å². The van der Waals surface area contributed by atoms with Crippen molar-refractivity contribution in [3.8, 4) is 11.4 Å². The van der Waals surface area contributed by atoms with Gasteiger partial charge in [0.15, 0.2) is 0 Å². The first-order chi connectivity index (χ1) is 15.7. The van der Waals surface area contributed by atoms with Gasteiger partial charge in [-0.15, -0.1) is 0 Å². The normalized spacial score (nSPS) is 16.1. The smallest absolute Gasteiger partial charge is 0.254 e. The number of carbonyl (C=O) groups excluding carboxylic acids is 1. The van der Waals surface area contributed by atoms with E-state index in [9.17, 15) is 4.79 Å². The summed E-state index contributed by atoms with van der Waals surface area (Å²) in [5.41, 5.74) is 4.30. The van der Waals surface area contributed by atoms with Crippen LogP contribution in [0.3, 0.4) is 0 Å². The zero-order chi connectivity index (χ0) is 23.7. The molecule has 4 rings (SSSR count). The molecular formula is C25H33N7O. The van der Waals surface area contributed by atoms with E-state index in [1.165, 1.54) is 0 Å². The first kappa shape index (κ1) is 22.9. The Labute approximate surface area is 195 Å². The molecule has 0 spiro atoms. The Balaban J connectivity index is 1.51. The highest BCUT2D eigenvalue weighted by atomic mass is 16.2. The first-order valence-corrected chi connectivity index (χ1v) is 11.4. The molecule has 1 aliphatic heterocycles. The molecule has 1 aliphatic rings. The lowest BCUT2D eigenvalue weighted by atomic mass is 10.1. The monoisotopic (exact) mass is 447 g/mol. The predicted octanol–water partition coefficient (Wildman–Crippen LogP) is 4.06. The standard InChI is InChI=1S/C25H33N7O/c1-16(2)32-18(4)27-14-23(32)22-9-11-26-25(29-22)28-19-7-8-21(17(3)13-19)24(33)31-12-10-20(15-31)30(5)6/h7-9,11,13-14,16,20H,10,12,15H2,1-6H3,(H,26,28,29)/t20-/m1/s1. The van der Waals surface area contributed by atoms with Crippen molar-refractivity contribution < 1.29 is 4.79 Å². The van der Waals surface area contributed by atoms with E-state index in [4.69, 9.17) is 4.98 Å². The quantitative estimate of drug-likeness (QED) is 0.614. The number of rotatable bonds is 6. The second kappa shape index (κ2) is 9.31. The van der Waals surface area contributed by atoms with Crippen LogP contribution < -0.4 is 5.32 Å². The van der Waals surface area contributed by atoms with Crippen LogP contribution in [-0.2, 0) is 0 Å². The molecule has 1 atom stereocenters. The number of carbonyl (C=O) groups is 1. The summed E-state index contributed by atoms with van der Waals surface area (Å²) in [7, 11) is 4.14. The van der Waals surface area contributed by atoms with Crippen LogP contribution >= 0.6 is 0 Å². The summed E-state index contributed by atoms with van der Waals surface area (Å²) in [5, 5.41) is 3.28. The van der Waals surface area contributed by atoms with Crippen molar-refractivity contribution in [2.24, 2.45) is 0 Å². The van der Waals surface area contributed by atoms with Crippen LogP contribution in [-0.4, -0.2) is 68.5 Å². The lowest BCUT2D eigenvalue weighted by Crippen LogP contribution is -2.34. The number of likely N-dealkylation sites (N-methyl/N-ethyl adjacent to an activating group) is 1. The molecule has 0 aliphatic carbocycles. The van der Waals surface area contributed by atoms with E-state index in [1.54, 1.807) is 6.20 Å². The fraction of sp³-hybridized carbons (Fsp3) is 0.440. The number of benzene rings is 1. The Bertz CT molecular complexity index is 1150. The SMILES string of the molecule is Cc1cc(Nc2nccc(-c3cnc(C)n3C(C)C)n2)ccc1C(=O)N1CC[C@@H](N(C)C)C1. The number of imidazole rings is 1. The molecule has 1 aromatic carbocycles. The van der Waals surface area contributed by atoms with Crippen molar-refractivity contribution in [1.29, 1.82) is 0 Å². The van der Waals surface area contributed by atoms with Gasteiger partial charge in [-0.3, -0.25) is 4.79 Å². The second-order valence-corrected chi connectivity index (χ2v) is 9.23. The average molecular weight is 448 g/mol. The predicted molar refractivity (Wildman–Crippen MR) is 131 cm³/mol. The molecule has 33 heavy (non-hydrogen) atoms. The molecule has 1 N–H and O–H groups in total. The minimum absolute atomic E-state index is 0.0963. The van der Waals surface area contributed by atoms with Gasteiger partial charge in [0.2, 0.25) is 5.95 Å². The number of likely N-dealkylation sites (tertiary alicyclic amines) is 1. The summed E-state index contributed by atoms with van der Waals surface area (Å²) in [6, 6.07) is 8.39. The minimum atomic E-state index is 0.0963. The Morgan fingerprint density at radius 2 is 1.97 bits per heavy atom. The molecule has 8 heteroatoms. The van der Waals surface area contributed by atoms with Crippen LogP contribution in [0.1, 0.15) is 48.1 Å². The van der Waals surface area contributed by atoms with E-state index in [0.29, 0.717) is 12.0 Å². The molecule has 2 aromatic heterocycles. The van der Waals surface area contributed by atoms with E-state index in [0.717, 1.165) is 53.5 Å². The van der Waals surface area contributed by atoms with Crippen molar-refractivity contribution in [3.63, 3.8) is 0 Å². The van der Waals surface area contributed by atoms with Gasteiger partial charge < -0.3 is 19.7 Å². The van der Waals surface area contributed by atoms with Crippen molar-refractivity contribution in [1.82, 2.24) is 29.3 Å². The highest BCUT2D eigenvalue weighted by molar-refractivity contribution is 5.96. The molecule has 0 unspecified atom stereocenters. The molecule has 3 aromatic rings. The maximum Gasteiger partial charge on any atom is 0.254 e. The number of nitrogens with one attached hydrogen (secondary N) is 1. The highest BCUT2D eigenvalue weighted by Crippen LogP contribution is 2.25.